The van der Waals surface area contributed by atoms with E-state index >= 15 is 0 Å². The SMILES string of the molecule is COC(=O)CCCCCCC/C=C\CC=O. The molecule has 0 aromatic carbocycles. The lowest BCUT2D eigenvalue weighted by atomic mass is 10.1. The highest BCUT2D eigenvalue weighted by atomic mass is 16.5. The van der Waals surface area contributed by atoms with E-state index in [0.717, 1.165) is 32.0 Å². The van der Waals surface area contributed by atoms with Gasteiger partial charge in [-0.25, -0.2) is 0 Å². The highest BCUT2D eigenvalue weighted by molar-refractivity contribution is 5.68. The van der Waals surface area contributed by atoms with Gasteiger partial charge < -0.3 is 9.53 Å². The maximum absolute atomic E-state index is 10.8. The van der Waals surface area contributed by atoms with Crippen molar-refractivity contribution in [2.45, 2.75) is 51.4 Å². The second-order valence-electron chi connectivity index (χ2n) is 3.76. The van der Waals surface area contributed by atoms with Crippen LogP contribution in [-0.2, 0) is 14.3 Å². The second-order valence-corrected chi connectivity index (χ2v) is 3.76. The van der Waals surface area contributed by atoms with E-state index < -0.39 is 0 Å². The molecule has 0 saturated heterocycles. The third-order valence-corrected chi connectivity index (χ3v) is 2.38. The van der Waals surface area contributed by atoms with Crippen molar-refractivity contribution in [2.24, 2.45) is 0 Å². The molecule has 0 N–H and O–H groups in total. The number of methoxy groups -OCH3 is 1. The van der Waals surface area contributed by atoms with E-state index in [9.17, 15) is 9.59 Å². The molecule has 0 aliphatic rings. The molecule has 0 unspecified atom stereocenters. The van der Waals surface area contributed by atoms with E-state index in [1.165, 1.54) is 20.0 Å². The van der Waals surface area contributed by atoms with Gasteiger partial charge >= 0.3 is 5.97 Å². The molecule has 0 rings (SSSR count). The summed E-state index contributed by atoms with van der Waals surface area (Å²) in [5, 5.41) is 0. The number of hydrogen-bond acceptors (Lipinski definition) is 3. The van der Waals surface area contributed by atoms with Gasteiger partial charge in [-0.05, 0) is 19.3 Å². The molecule has 16 heavy (non-hydrogen) atoms. The quantitative estimate of drug-likeness (QED) is 0.249. The number of esters is 1. The molecule has 0 aromatic heterocycles. The van der Waals surface area contributed by atoms with Crippen LogP contribution < -0.4 is 0 Å². The molecule has 0 heterocycles. The Morgan fingerprint density at radius 3 is 2.44 bits per heavy atom. The summed E-state index contributed by atoms with van der Waals surface area (Å²) in [4.78, 5) is 20.8. The minimum atomic E-state index is -0.114. The number of hydrogen-bond donors (Lipinski definition) is 0. The van der Waals surface area contributed by atoms with Crippen LogP contribution in [0.25, 0.3) is 0 Å². The first-order chi connectivity index (χ1) is 7.81. The van der Waals surface area contributed by atoms with Crippen LogP contribution >= 0.6 is 0 Å². The van der Waals surface area contributed by atoms with Gasteiger partial charge in [-0.1, -0.05) is 31.4 Å². The zero-order chi connectivity index (χ0) is 12.1. The lowest BCUT2D eigenvalue weighted by molar-refractivity contribution is -0.140. The largest absolute Gasteiger partial charge is 0.469 e. The van der Waals surface area contributed by atoms with Crippen LogP contribution in [0.5, 0.6) is 0 Å². The lowest BCUT2D eigenvalue weighted by Gasteiger charge is -1.99. The fourth-order valence-electron chi connectivity index (χ4n) is 1.43. The van der Waals surface area contributed by atoms with Crippen LogP contribution in [0, 0.1) is 0 Å². The van der Waals surface area contributed by atoms with Crippen molar-refractivity contribution in [2.75, 3.05) is 7.11 Å². The first-order valence-electron chi connectivity index (χ1n) is 5.96. The Bertz CT molecular complexity index is 209. The molecule has 0 bridgehead atoms. The molecular weight excluding hydrogens is 204 g/mol. The molecule has 92 valence electrons. The molecule has 0 saturated carbocycles. The van der Waals surface area contributed by atoms with Crippen LogP contribution in [0.1, 0.15) is 51.4 Å². The van der Waals surface area contributed by atoms with Crippen LogP contribution in [-0.4, -0.2) is 19.4 Å². The highest BCUT2D eigenvalue weighted by Gasteiger charge is 1.98. The summed E-state index contributed by atoms with van der Waals surface area (Å²) in [6.07, 6.45) is 12.5. The number of carbonyl (C=O) groups excluding carboxylic acids is 2. The van der Waals surface area contributed by atoms with Gasteiger partial charge in [-0.15, -0.1) is 0 Å². The molecular formula is C13H22O3. The third kappa shape index (κ3) is 11.0. The standard InChI is InChI=1S/C13H22O3/c1-16-13(15)11-9-7-5-3-2-4-6-8-10-12-14/h6,8,12H,2-5,7,9-11H2,1H3/b8-6-. The number of allylic oxidation sites excluding steroid dienone is 2. The molecule has 0 aliphatic carbocycles. The Morgan fingerprint density at radius 1 is 1.06 bits per heavy atom. The van der Waals surface area contributed by atoms with E-state index in [4.69, 9.17) is 0 Å². The third-order valence-electron chi connectivity index (χ3n) is 2.38. The predicted molar refractivity (Wildman–Crippen MR) is 64.2 cm³/mol. The monoisotopic (exact) mass is 226 g/mol. The highest BCUT2D eigenvalue weighted by Crippen LogP contribution is 2.08. The molecule has 0 amide bonds. The van der Waals surface area contributed by atoms with E-state index in [2.05, 4.69) is 10.8 Å². The van der Waals surface area contributed by atoms with Gasteiger partial charge in [0, 0.05) is 12.8 Å². The lowest BCUT2D eigenvalue weighted by Crippen LogP contribution is -1.98. The van der Waals surface area contributed by atoms with E-state index in [1.807, 2.05) is 6.08 Å². The fourth-order valence-corrected chi connectivity index (χ4v) is 1.43. The zero-order valence-electron chi connectivity index (χ0n) is 10.1. The van der Waals surface area contributed by atoms with Crippen LogP contribution in [0.2, 0.25) is 0 Å². The summed E-state index contributed by atoms with van der Waals surface area (Å²) >= 11 is 0. The van der Waals surface area contributed by atoms with Crippen molar-refractivity contribution in [3.63, 3.8) is 0 Å². The topological polar surface area (TPSA) is 43.4 Å². The van der Waals surface area contributed by atoms with Crippen molar-refractivity contribution in [3.05, 3.63) is 12.2 Å². The summed E-state index contributed by atoms with van der Waals surface area (Å²) in [6.45, 7) is 0. The van der Waals surface area contributed by atoms with Gasteiger partial charge in [0.2, 0.25) is 0 Å². The Balaban J connectivity index is 3.09. The molecule has 0 aliphatic heterocycles. The van der Waals surface area contributed by atoms with E-state index in [0.29, 0.717) is 12.8 Å². The summed E-state index contributed by atoms with van der Waals surface area (Å²) in [7, 11) is 1.42. The van der Waals surface area contributed by atoms with Gasteiger partial charge in [0.1, 0.15) is 6.29 Å². The average Bonchev–Trinajstić information content (AvgIpc) is 2.31. The zero-order valence-corrected chi connectivity index (χ0v) is 10.1. The van der Waals surface area contributed by atoms with Crippen LogP contribution in [0.15, 0.2) is 12.2 Å². The Kier molecular flexibility index (Phi) is 11.1. The number of aldehydes is 1. The first kappa shape index (κ1) is 14.9. The maximum Gasteiger partial charge on any atom is 0.305 e. The summed E-state index contributed by atoms with van der Waals surface area (Å²) in [5.74, 6) is -0.114. The van der Waals surface area contributed by atoms with Crippen LogP contribution in [0.3, 0.4) is 0 Å². The number of unbranched alkanes of at least 4 members (excludes halogenated alkanes) is 5. The summed E-state index contributed by atoms with van der Waals surface area (Å²) < 4.78 is 4.56. The molecule has 0 atom stereocenters. The molecule has 0 fully saturated rings. The molecule has 3 heteroatoms. The Hall–Kier alpha value is -1.12. The van der Waals surface area contributed by atoms with Gasteiger partial charge in [0.15, 0.2) is 0 Å². The van der Waals surface area contributed by atoms with Crippen molar-refractivity contribution < 1.29 is 14.3 Å². The summed E-state index contributed by atoms with van der Waals surface area (Å²) in [5.41, 5.74) is 0. The van der Waals surface area contributed by atoms with Crippen molar-refractivity contribution in [1.82, 2.24) is 0 Å². The molecule has 3 nitrogen and oxygen atoms in total. The van der Waals surface area contributed by atoms with E-state index in [-0.39, 0.29) is 5.97 Å². The van der Waals surface area contributed by atoms with Crippen LogP contribution in [0.4, 0.5) is 0 Å². The second kappa shape index (κ2) is 12.0. The molecule has 0 radical (unpaired) electrons. The predicted octanol–water partition coefficient (Wildman–Crippen LogP) is 3.04. The fraction of sp³-hybridized carbons (Fsp3) is 0.692. The number of rotatable bonds is 10. The smallest absolute Gasteiger partial charge is 0.305 e. The van der Waals surface area contributed by atoms with Crippen molar-refractivity contribution in [1.29, 1.82) is 0 Å². The summed E-state index contributed by atoms with van der Waals surface area (Å²) in [6, 6.07) is 0. The average molecular weight is 226 g/mol. The maximum atomic E-state index is 10.8. The Morgan fingerprint density at radius 2 is 1.75 bits per heavy atom. The number of carbonyl (C=O) groups is 2. The minimum absolute atomic E-state index is 0.114. The van der Waals surface area contributed by atoms with Gasteiger partial charge in [0.05, 0.1) is 7.11 Å². The molecule has 0 spiro atoms. The minimum Gasteiger partial charge on any atom is -0.469 e. The first-order valence-corrected chi connectivity index (χ1v) is 5.96. The number of ether oxygens (including phenoxy) is 1. The Labute approximate surface area is 97.9 Å². The van der Waals surface area contributed by atoms with Gasteiger partial charge in [0.25, 0.3) is 0 Å². The van der Waals surface area contributed by atoms with Crippen molar-refractivity contribution >= 4 is 12.3 Å². The van der Waals surface area contributed by atoms with E-state index in [1.54, 1.807) is 0 Å². The van der Waals surface area contributed by atoms with Crippen molar-refractivity contribution in [3.8, 4) is 0 Å². The van der Waals surface area contributed by atoms with Gasteiger partial charge in [-0.3, -0.25) is 4.79 Å². The normalized spacial score (nSPS) is 10.6. The molecule has 0 aromatic rings. The van der Waals surface area contributed by atoms with Gasteiger partial charge in [-0.2, -0.15) is 0 Å².